The molecule has 84 valence electrons. The molecule has 6 atom stereocenters. The van der Waals surface area contributed by atoms with Crippen LogP contribution in [0.5, 0.6) is 0 Å². The van der Waals surface area contributed by atoms with Crippen LogP contribution >= 0.6 is 0 Å². The standard InChI is InChI=1S/C9H18FNO3/c1-4-5(10)6(11)8(13-2)9(14-3)7(4)12/h4-9,12H,11H2,1-3H3/t4-,5?,6+,7?,8-,9-/m1/s1. The molecule has 0 heterocycles. The van der Waals surface area contributed by atoms with Crippen molar-refractivity contribution in [2.45, 2.75) is 37.4 Å². The fourth-order valence-electron chi connectivity index (χ4n) is 2.00. The predicted octanol–water partition coefficient (Wildman–Crippen LogP) is -0.308. The van der Waals surface area contributed by atoms with Gasteiger partial charge in [0.15, 0.2) is 0 Å². The van der Waals surface area contributed by atoms with Crippen molar-refractivity contribution in [1.82, 2.24) is 0 Å². The molecule has 1 fully saturated rings. The summed E-state index contributed by atoms with van der Waals surface area (Å²) in [4.78, 5) is 0. The van der Waals surface area contributed by atoms with Gasteiger partial charge in [-0.05, 0) is 0 Å². The van der Waals surface area contributed by atoms with Crippen molar-refractivity contribution in [3.63, 3.8) is 0 Å². The molecule has 1 aliphatic carbocycles. The summed E-state index contributed by atoms with van der Waals surface area (Å²) in [6, 6.07) is -0.747. The van der Waals surface area contributed by atoms with Gasteiger partial charge in [0, 0.05) is 20.1 Å². The van der Waals surface area contributed by atoms with E-state index in [0.29, 0.717) is 0 Å². The number of hydrogen-bond donors (Lipinski definition) is 2. The lowest BCUT2D eigenvalue weighted by Gasteiger charge is -2.43. The summed E-state index contributed by atoms with van der Waals surface area (Å²) >= 11 is 0. The van der Waals surface area contributed by atoms with E-state index in [-0.39, 0.29) is 0 Å². The first-order valence-corrected chi connectivity index (χ1v) is 4.68. The minimum absolute atomic E-state index is 0.527. The highest BCUT2D eigenvalue weighted by Gasteiger charge is 2.48. The zero-order chi connectivity index (χ0) is 10.9. The van der Waals surface area contributed by atoms with Gasteiger partial charge >= 0.3 is 0 Å². The number of rotatable bonds is 2. The molecule has 1 rings (SSSR count). The molecule has 1 aliphatic rings. The van der Waals surface area contributed by atoms with E-state index in [1.54, 1.807) is 6.92 Å². The first kappa shape index (κ1) is 11.8. The van der Waals surface area contributed by atoms with Crippen LogP contribution in [0.2, 0.25) is 0 Å². The molecule has 0 aromatic heterocycles. The Morgan fingerprint density at radius 3 is 2.14 bits per heavy atom. The second-order valence-corrected chi connectivity index (χ2v) is 3.77. The summed E-state index contributed by atoms with van der Waals surface area (Å²) in [5.41, 5.74) is 5.66. The summed E-state index contributed by atoms with van der Waals surface area (Å²) < 4.78 is 23.7. The zero-order valence-corrected chi connectivity index (χ0v) is 8.68. The maximum Gasteiger partial charge on any atom is 0.123 e. The van der Waals surface area contributed by atoms with Crippen molar-refractivity contribution in [1.29, 1.82) is 0 Å². The van der Waals surface area contributed by atoms with Crippen molar-refractivity contribution in [2.24, 2.45) is 11.7 Å². The van der Waals surface area contributed by atoms with E-state index in [4.69, 9.17) is 15.2 Å². The molecule has 0 aromatic carbocycles. The lowest BCUT2D eigenvalue weighted by atomic mass is 9.79. The lowest BCUT2D eigenvalue weighted by molar-refractivity contribution is -0.162. The van der Waals surface area contributed by atoms with Crippen molar-refractivity contribution in [3.8, 4) is 0 Å². The van der Waals surface area contributed by atoms with Crippen molar-refractivity contribution >= 4 is 0 Å². The van der Waals surface area contributed by atoms with Gasteiger partial charge in [-0.2, -0.15) is 0 Å². The van der Waals surface area contributed by atoms with Crippen LogP contribution in [0.15, 0.2) is 0 Å². The molecule has 0 amide bonds. The van der Waals surface area contributed by atoms with Crippen LogP contribution in [0, 0.1) is 5.92 Å². The minimum Gasteiger partial charge on any atom is -0.390 e. The number of ether oxygens (including phenoxy) is 2. The van der Waals surface area contributed by atoms with Crippen LogP contribution in [-0.4, -0.2) is 49.9 Å². The average Bonchev–Trinajstić information content (AvgIpc) is 2.20. The number of methoxy groups -OCH3 is 2. The fraction of sp³-hybridized carbons (Fsp3) is 1.00. The predicted molar refractivity (Wildman–Crippen MR) is 49.6 cm³/mol. The lowest BCUT2D eigenvalue weighted by Crippen LogP contribution is -2.63. The number of nitrogens with two attached hydrogens (primary N) is 1. The third-order valence-electron chi connectivity index (χ3n) is 2.99. The van der Waals surface area contributed by atoms with Gasteiger partial charge in [-0.3, -0.25) is 0 Å². The Hall–Kier alpha value is -0.230. The molecule has 0 radical (unpaired) electrons. The largest absolute Gasteiger partial charge is 0.390 e. The third-order valence-corrected chi connectivity index (χ3v) is 2.99. The monoisotopic (exact) mass is 207 g/mol. The molecule has 0 aromatic rings. The molecule has 14 heavy (non-hydrogen) atoms. The van der Waals surface area contributed by atoms with Crippen molar-refractivity contribution in [3.05, 3.63) is 0 Å². The Balaban J connectivity index is 2.84. The van der Waals surface area contributed by atoms with E-state index in [0.717, 1.165) is 0 Å². The molecule has 0 aliphatic heterocycles. The van der Waals surface area contributed by atoms with Gasteiger partial charge in [-0.25, -0.2) is 4.39 Å². The van der Waals surface area contributed by atoms with Crippen LogP contribution in [0.25, 0.3) is 0 Å². The van der Waals surface area contributed by atoms with E-state index in [1.807, 2.05) is 0 Å². The summed E-state index contributed by atoms with van der Waals surface area (Å²) in [6.45, 7) is 1.62. The van der Waals surface area contributed by atoms with Gasteiger partial charge in [0.25, 0.3) is 0 Å². The highest BCUT2D eigenvalue weighted by Crippen LogP contribution is 2.30. The van der Waals surface area contributed by atoms with E-state index in [1.165, 1.54) is 14.2 Å². The number of aliphatic hydroxyl groups is 1. The number of alkyl halides is 1. The Bertz CT molecular complexity index is 173. The highest BCUT2D eigenvalue weighted by atomic mass is 19.1. The molecule has 2 unspecified atom stereocenters. The Morgan fingerprint density at radius 2 is 1.71 bits per heavy atom. The molecular weight excluding hydrogens is 189 g/mol. The minimum atomic E-state index is -1.26. The quantitative estimate of drug-likeness (QED) is 0.652. The summed E-state index contributed by atoms with van der Waals surface area (Å²) in [7, 11) is 2.89. The average molecular weight is 207 g/mol. The van der Waals surface area contributed by atoms with E-state index >= 15 is 0 Å². The zero-order valence-electron chi connectivity index (χ0n) is 8.68. The van der Waals surface area contributed by atoms with Crippen LogP contribution in [0.1, 0.15) is 6.92 Å². The first-order chi connectivity index (χ1) is 6.54. The fourth-order valence-corrected chi connectivity index (χ4v) is 2.00. The van der Waals surface area contributed by atoms with E-state index < -0.39 is 36.4 Å². The Labute approximate surface area is 83.2 Å². The normalized spacial score (nSPS) is 49.3. The smallest absolute Gasteiger partial charge is 0.123 e. The molecule has 4 nitrogen and oxygen atoms in total. The maximum absolute atomic E-state index is 13.5. The Kier molecular flexibility index (Phi) is 3.83. The molecule has 0 saturated heterocycles. The van der Waals surface area contributed by atoms with Crippen molar-refractivity contribution in [2.75, 3.05) is 14.2 Å². The van der Waals surface area contributed by atoms with Gasteiger partial charge in [0.2, 0.25) is 0 Å². The highest BCUT2D eigenvalue weighted by molar-refractivity contribution is 5.00. The molecule has 1 saturated carbocycles. The van der Waals surface area contributed by atoms with Crippen LogP contribution in [0.4, 0.5) is 4.39 Å². The molecular formula is C9H18FNO3. The SMILES string of the molecule is CO[C@H]1[C@H](OC)C(O)[C@H](C)C(F)[C@@H]1N. The summed E-state index contributed by atoms with van der Waals surface area (Å²) in [5.74, 6) is -0.527. The molecule has 0 bridgehead atoms. The van der Waals surface area contributed by atoms with Crippen LogP contribution in [-0.2, 0) is 9.47 Å². The molecule has 5 heteroatoms. The van der Waals surface area contributed by atoms with Gasteiger partial charge in [0.05, 0.1) is 12.1 Å². The van der Waals surface area contributed by atoms with Crippen LogP contribution in [0.3, 0.4) is 0 Å². The number of halogens is 1. The summed E-state index contributed by atoms with van der Waals surface area (Å²) in [5, 5.41) is 9.73. The van der Waals surface area contributed by atoms with E-state index in [9.17, 15) is 9.50 Å². The summed E-state index contributed by atoms with van der Waals surface area (Å²) in [6.07, 6.45) is -3.29. The first-order valence-electron chi connectivity index (χ1n) is 4.68. The van der Waals surface area contributed by atoms with Gasteiger partial charge < -0.3 is 20.3 Å². The number of aliphatic hydroxyl groups excluding tert-OH is 1. The molecule has 0 spiro atoms. The van der Waals surface area contributed by atoms with Gasteiger partial charge in [0.1, 0.15) is 18.4 Å². The van der Waals surface area contributed by atoms with Crippen molar-refractivity contribution < 1.29 is 19.0 Å². The van der Waals surface area contributed by atoms with Crippen LogP contribution < -0.4 is 5.73 Å². The maximum atomic E-state index is 13.5. The number of hydrogen-bond acceptors (Lipinski definition) is 4. The topological polar surface area (TPSA) is 64.7 Å². The Morgan fingerprint density at radius 1 is 1.21 bits per heavy atom. The second kappa shape index (κ2) is 4.53. The third kappa shape index (κ3) is 1.77. The van der Waals surface area contributed by atoms with Gasteiger partial charge in [-0.15, -0.1) is 0 Å². The molecule has 3 N–H and O–H groups in total. The van der Waals surface area contributed by atoms with E-state index in [2.05, 4.69) is 0 Å². The van der Waals surface area contributed by atoms with Gasteiger partial charge in [-0.1, -0.05) is 6.92 Å². The second-order valence-electron chi connectivity index (χ2n) is 3.77.